The number of Topliss-reactive ketones (excluding diaryl/α,β-unsaturated/α-hetero) is 1. The van der Waals surface area contributed by atoms with Gasteiger partial charge in [-0.3, -0.25) is 14.5 Å². The van der Waals surface area contributed by atoms with E-state index in [4.69, 9.17) is 16.3 Å². The lowest BCUT2D eigenvalue weighted by Gasteiger charge is -2.26. The van der Waals surface area contributed by atoms with E-state index in [-0.39, 0.29) is 16.8 Å². The first-order valence-corrected chi connectivity index (χ1v) is 10.4. The average molecular weight is 488 g/mol. The number of nitrogens with zero attached hydrogens (tertiary/aromatic N) is 1. The van der Waals surface area contributed by atoms with Crippen molar-refractivity contribution in [1.29, 1.82) is 0 Å². The lowest BCUT2D eigenvalue weighted by Crippen LogP contribution is -2.29. The summed E-state index contributed by atoms with van der Waals surface area (Å²) in [7, 11) is 1.46. The first-order chi connectivity index (χ1) is 16.1. The van der Waals surface area contributed by atoms with E-state index in [1.165, 1.54) is 37.4 Å². The van der Waals surface area contributed by atoms with Gasteiger partial charge in [-0.1, -0.05) is 29.8 Å². The van der Waals surface area contributed by atoms with Gasteiger partial charge in [-0.05, 0) is 60.2 Å². The molecule has 174 valence electrons. The first kappa shape index (κ1) is 23.4. The SMILES string of the molecule is COc1ccc(C2C(=C(O)c3ccc(Cl)cc3)C(=O)C(=O)N2c2cccc(C(F)(F)F)c2)cc1. The third kappa shape index (κ3) is 4.24. The van der Waals surface area contributed by atoms with Crippen molar-refractivity contribution in [3.8, 4) is 5.75 Å². The summed E-state index contributed by atoms with van der Waals surface area (Å²) in [5, 5.41) is 11.4. The molecule has 1 aliphatic rings. The molecule has 1 aliphatic heterocycles. The number of aliphatic hydroxyl groups excluding tert-OH is 1. The molecule has 1 heterocycles. The number of hydrogen-bond acceptors (Lipinski definition) is 4. The smallest absolute Gasteiger partial charge is 0.416 e. The molecule has 1 unspecified atom stereocenters. The minimum atomic E-state index is -4.65. The van der Waals surface area contributed by atoms with Gasteiger partial charge in [0.2, 0.25) is 0 Å². The van der Waals surface area contributed by atoms with Crippen LogP contribution in [0.2, 0.25) is 5.02 Å². The second kappa shape index (κ2) is 8.87. The van der Waals surface area contributed by atoms with Crippen molar-refractivity contribution in [2.45, 2.75) is 12.2 Å². The summed E-state index contributed by atoms with van der Waals surface area (Å²) in [6, 6.07) is 15.2. The quantitative estimate of drug-likeness (QED) is 0.279. The molecule has 0 saturated carbocycles. The van der Waals surface area contributed by atoms with Crippen molar-refractivity contribution in [2.24, 2.45) is 0 Å². The van der Waals surface area contributed by atoms with E-state index in [2.05, 4.69) is 0 Å². The number of carbonyl (C=O) groups is 2. The number of benzene rings is 3. The number of anilines is 1. The highest BCUT2D eigenvalue weighted by Crippen LogP contribution is 2.43. The van der Waals surface area contributed by atoms with Crippen molar-refractivity contribution >= 4 is 34.7 Å². The Hall–Kier alpha value is -3.78. The summed E-state index contributed by atoms with van der Waals surface area (Å²) in [6.45, 7) is 0. The minimum Gasteiger partial charge on any atom is -0.507 e. The van der Waals surface area contributed by atoms with Crippen LogP contribution in [0.3, 0.4) is 0 Å². The highest BCUT2D eigenvalue weighted by molar-refractivity contribution is 6.51. The molecule has 0 spiro atoms. The van der Waals surface area contributed by atoms with Gasteiger partial charge in [0.1, 0.15) is 11.5 Å². The van der Waals surface area contributed by atoms with E-state index in [1.54, 1.807) is 24.3 Å². The first-order valence-electron chi connectivity index (χ1n) is 10.00. The number of ether oxygens (including phenoxy) is 1. The van der Waals surface area contributed by atoms with Gasteiger partial charge >= 0.3 is 6.18 Å². The highest BCUT2D eigenvalue weighted by Gasteiger charge is 2.47. The fourth-order valence-electron chi connectivity index (χ4n) is 3.80. The average Bonchev–Trinajstić information content (AvgIpc) is 3.09. The lowest BCUT2D eigenvalue weighted by atomic mass is 9.95. The maximum atomic E-state index is 13.3. The Morgan fingerprint density at radius 2 is 1.65 bits per heavy atom. The minimum absolute atomic E-state index is 0.132. The monoisotopic (exact) mass is 487 g/mol. The van der Waals surface area contributed by atoms with Crippen LogP contribution in [0.15, 0.2) is 78.4 Å². The summed E-state index contributed by atoms with van der Waals surface area (Å²) in [4.78, 5) is 27.1. The van der Waals surface area contributed by atoms with Crippen LogP contribution in [0.5, 0.6) is 5.75 Å². The van der Waals surface area contributed by atoms with Gasteiger partial charge < -0.3 is 9.84 Å². The number of carbonyl (C=O) groups excluding carboxylic acids is 2. The maximum Gasteiger partial charge on any atom is 0.416 e. The maximum absolute atomic E-state index is 13.3. The van der Waals surface area contributed by atoms with E-state index >= 15 is 0 Å². The fourth-order valence-corrected chi connectivity index (χ4v) is 3.92. The second-order valence-corrected chi connectivity index (χ2v) is 7.93. The van der Waals surface area contributed by atoms with Crippen LogP contribution in [0.4, 0.5) is 18.9 Å². The number of halogens is 4. The van der Waals surface area contributed by atoms with E-state index < -0.39 is 35.2 Å². The third-order valence-electron chi connectivity index (χ3n) is 5.45. The number of methoxy groups -OCH3 is 1. The number of amides is 1. The van der Waals surface area contributed by atoms with Crippen molar-refractivity contribution in [2.75, 3.05) is 12.0 Å². The van der Waals surface area contributed by atoms with E-state index in [1.807, 2.05) is 0 Å². The molecular weight excluding hydrogens is 471 g/mol. The topological polar surface area (TPSA) is 66.8 Å². The zero-order chi connectivity index (χ0) is 24.6. The molecule has 0 bridgehead atoms. The molecule has 0 aliphatic carbocycles. The number of ketones is 1. The Morgan fingerprint density at radius 3 is 2.24 bits per heavy atom. The molecule has 34 heavy (non-hydrogen) atoms. The molecule has 0 radical (unpaired) electrons. The number of alkyl halides is 3. The van der Waals surface area contributed by atoms with Crippen LogP contribution in [-0.2, 0) is 15.8 Å². The van der Waals surface area contributed by atoms with Crippen LogP contribution >= 0.6 is 11.6 Å². The van der Waals surface area contributed by atoms with Crippen molar-refractivity contribution in [3.05, 3.63) is 100 Å². The highest BCUT2D eigenvalue weighted by atomic mass is 35.5. The summed E-state index contributed by atoms with van der Waals surface area (Å²) in [6.07, 6.45) is -4.65. The van der Waals surface area contributed by atoms with Gasteiger partial charge in [0.25, 0.3) is 11.7 Å². The summed E-state index contributed by atoms with van der Waals surface area (Å²) < 4.78 is 45.2. The van der Waals surface area contributed by atoms with Gasteiger partial charge in [0, 0.05) is 16.3 Å². The molecule has 5 nitrogen and oxygen atoms in total. The van der Waals surface area contributed by atoms with Gasteiger partial charge in [-0.15, -0.1) is 0 Å². The third-order valence-corrected chi connectivity index (χ3v) is 5.70. The Kier molecular flexibility index (Phi) is 6.10. The van der Waals surface area contributed by atoms with Crippen LogP contribution in [0, 0.1) is 0 Å². The number of hydrogen-bond donors (Lipinski definition) is 1. The normalized spacial score (nSPS) is 17.8. The van der Waals surface area contributed by atoms with Crippen molar-refractivity contribution in [3.63, 3.8) is 0 Å². The van der Waals surface area contributed by atoms with E-state index in [9.17, 15) is 27.9 Å². The van der Waals surface area contributed by atoms with Crippen molar-refractivity contribution in [1.82, 2.24) is 0 Å². The van der Waals surface area contributed by atoms with E-state index in [0.29, 0.717) is 16.3 Å². The Bertz CT molecular complexity index is 1280. The standard InChI is InChI=1S/C25H17ClF3NO4/c1-34-19-11-7-14(8-12-19)21-20(22(31)15-5-9-17(26)10-6-15)23(32)24(33)30(21)18-4-2-3-16(13-18)25(27,28)29/h2-13,21,31H,1H3. The van der Waals surface area contributed by atoms with Crippen LogP contribution in [0.25, 0.3) is 5.76 Å². The number of rotatable bonds is 4. The lowest BCUT2D eigenvalue weighted by molar-refractivity contribution is -0.137. The predicted molar refractivity (Wildman–Crippen MR) is 121 cm³/mol. The molecule has 3 aromatic carbocycles. The van der Waals surface area contributed by atoms with Gasteiger partial charge in [0.05, 0.1) is 24.3 Å². The molecule has 0 aromatic heterocycles. The molecule has 9 heteroatoms. The predicted octanol–water partition coefficient (Wildman–Crippen LogP) is 5.99. The van der Waals surface area contributed by atoms with Gasteiger partial charge in [0.15, 0.2) is 0 Å². The van der Waals surface area contributed by atoms with Crippen molar-refractivity contribution < 1.29 is 32.6 Å². The van der Waals surface area contributed by atoms with Crippen LogP contribution < -0.4 is 9.64 Å². The Balaban J connectivity index is 1.93. The molecule has 1 saturated heterocycles. The Labute approximate surface area is 197 Å². The second-order valence-electron chi connectivity index (χ2n) is 7.50. The largest absolute Gasteiger partial charge is 0.507 e. The summed E-state index contributed by atoms with van der Waals surface area (Å²) in [5.41, 5.74) is -0.737. The van der Waals surface area contributed by atoms with Gasteiger partial charge in [-0.2, -0.15) is 13.2 Å². The molecule has 3 aromatic rings. The Morgan fingerprint density at radius 1 is 1.00 bits per heavy atom. The van der Waals surface area contributed by atoms with Gasteiger partial charge in [-0.25, -0.2) is 0 Å². The summed E-state index contributed by atoms with van der Waals surface area (Å²) >= 11 is 5.91. The molecule has 1 fully saturated rings. The molecule has 4 rings (SSSR count). The molecule has 1 amide bonds. The molecule has 1 atom stereocenters. The molecular formula is C25H17ClF3NO4. The number of aliphatic hydroxyl groups is 1. The van der Waals surface area contributed by atoms with Crippen LogP contribution in [0.1, 0.15) is 22.7 Å². The molecule has 1 N–H and O–H groups in total. The van der Waals surface area contributed by atoms with E-state index in [0.717, 1.165) is 23.1 Å². The van der Waals surface area contributed by atoms with Crippen LogP contribution in [-0.4, -0.2) is 23.9 Å². The zero-order valence-corrected chi connectivity index (χ0v) is 18.4. The summed E-state index contributed by atoms with van der Waals surface area (Å²) in [5.74, 6) is -2.05. The fraction of sp³-hybridized carbons (Fsp3) is 0.120. The zero-order valence-electron chi connectivity index (χ0n) is 17.6.